The number of ether oxygens (including phenoxy) is 1. The first-order chi connectivity index (χ1) is 16.0. The molecule has 0 saturated heterocycles. The van der Waals surface area contributed by atoms with Crippen LogP contribution in [0.5, 0.6) is 5.75 Å². The molecule has 0 fully saturated rings. The van der Waals surface area contributed by atoms with Gasteiger partial charge in [0.05, 0.1) is 35.8 Å². The predicted molar refractivity (Wildman–Crippen MR) is 124 cm³/mol. The Morgan fingerprint density at radius 3 is 2.85 bits per heavy atom. The van der Waals surface area contributed by atoms with Gasteiger partial charge in [-0.3, -0.25) is 13.9 Å². The average Bonchev–Trinajstić information content (AvgIpc) is 3.57. The molecule has 1 aliphatic heterocycles. The van der Waals surface area contributed by atoms with E-state index in [1.165, 1.54) is 0 Å². The van der Waals surface area contributed by atoms with Crippen LogP contribution in [0.25, 0.3) is 27.7 Å². The lowest BCUT2D eigenvalue weighted by Crippen LogP contribution is -2.32. The van der Waals surface area contributed by atoms with Crippen molar-refractivity contribution in [2.45, 2.75) is 6.04 Å². The molecule has 1 atom stereocenters. The third-order valence-electron chi connectivity index (χ3n) is 6.22. The highest BCUT2D eigenvalue weighted by atomic mass is 16.5. The summed E-state index contributed by atoms with van der Waals surface area (Å²) in [5, 5.41) is 4.23. The van der Waals surface area contributed by atoms with Gasteiger partial charge >= 0.3 is 0 Å². The number of aromatic nitrogens is 5. The number of anilines is 1. The van der Waals surface area contributed by atoms with Gasteiger partial charge < -0.3 is 15.4 Å². The van der Waals surface area contributed by atoms with Gasteiger partial charge in [-0.15, -0.1) is 0 Å². The quantitative estimate of drug-likeness (QED) is 0.463. The molecule has 1 aliphatic rings. The van der Waals surface area contributed by atoms with Crippen LogP contribution in [0.2, 0.25) is 0 Å². The second-order valence-corrected chi connectivity index (χ2v) is 8.25. The molecule has 0 radical (unpaired) electrons. The van der Waals surface area contributed by atoms with Crippen LogP contribution < -0.4 is 10.5 Å². The Balaban J connectivity index is 1.32. The number of hydrogen-bond donors (Lipinski definition) is 1. The fourth-order valence-corrected chi connectivity index (χ4v) is 4.42. The number of rotatable bonds is 3. The van der Waals surface area contributed by atoms with Crippen molar-refractivity contribution < 1.29 is 9.53 Å². The van der Waals surface area contributed by atoms with Gasteiger partial charge in [0.25, 0.3) is 5.91 Å². The molecule has 164 valence electrons. The molecule has 9 heteroatoms. The first-order valence-corrected chi connectivity index (χ1v) is 10.5. The minimum absolute atomic E-state index is 0.0974. The topological polar surface area (TPSA) is 104 Å². The van der Waals surface area contributed by atoms with E-state index >= 15 is 0 Å². The molecular weight excluding hydrogens is 418 g/mol. The van der Waals surface area contributed by atoms with Crippen molar-refractivity contribution in [3.05, 3.63) is 72.4 Å². The van der Waals surface area contributed by atoms with E-state index in [0.717, 1.165) is 28.0 Å². The number of likely N-dealkylation sites (N-methyl/N-ethyl adjacent to an activating group) is 1. The number of fused-ring (bicyclic) bond motifs is 4. The number of hydrogen-bond acceptors (Lipinski definition) is 6. The number of aryl methyl sites for hydroxylation is 1. The minimum atomic E-state index is -0.177. The summed E-state index contributed by atoms with van der Waals surface area (Å²) in [5.41, 5.74) is 11.8. The summed E-state index contributed by atoms with van der Waals surface area (Å²) in [6.07, 6.45) is 7.12. The monoisotopic (exact) mass is 439 g/mol. The van der Waals surface area contributed by atoms with Crippen LogP contribution in [-0.2, 0) is 7.05 Å². The van der Waals surface area contributed by atoms with Crippen LogP contribution >= 0.6 is 0 Å². The molecule has 3 aromatic heterocycles. The maximum atomic E-state index is 13.4. The van der Waals surface area contributed by atoms with E-state index in [2.05, 4.69) is 15.1 Å². The largest absolute Gasteiger partial charge is 0.491 e. The smallest absolute Gasteiger partial charge is 0.254 e. The zero-order valence-electron chi connectivity index (χ0n) is 18.1. The molecule has 9 nitrogen and oxygen atoms in total. The van der Waals surface area contributed by atoms with Crippen LogP contribution in [0.3, 0.4) is 0 Å². The lowest BCUT2D eigenvalue weighted by atomic mass is 10.0. The molecule has 2 aromatic carbocycles. The van der Waals surface area contributed by atoms with Crippen LogP contribution in [-0.4, -0.2) is 48.6 Å². The van der Waals surface area contributed by atoms with Gasteiger partial charge in [-0.25, -0.2) is 9.97 Å². The SMILES string of the molecule is CN(C(=O)c1ccc2nc(N)c3cncn3c2c1)[C@@H]1COc2cc(-c3cnn(C)c3)ccc21. The molecule has 33 heavy (non-hydrogen) atoms. The Hall–Kier alpha value is -4.40. The van der Waals surface area contributed by atoms with E-state index in [9.17, 15) is 4.79 Å². The Kier molecular flexibility index (Phi) is 4.13. The molecular formula is C24H21N7O2. The highest BCUT2D eigenvalue weighted by Crippen LogP contribution is 2.39. The summed E-state index contributed by atoms with van der Waals surface area (Å²) in [4.78, 5) is 23.7. The standard InChI is InChI=1S/C24H21N7O2/c1-29-11-16(9-27-29)14-3-5-17-21(12-33-22(17)8-14)30(2)24(32)15-4-6-18-19(7-15)31-13-26-10-20(31)23(25)28-18/h3-11,13,21H,12H2,1-2H3,(H2,25,28)/t21-/m1/s1. The van der Waals surface area contributed by atoms with E-state index in [1.807, 2.05) is 54.2 Å². The summed E-state index contributed by atoms with van der Waals surface area (Å²) < 4.78 is 9.58. The molecule has 0 saturated carbocycles. The third kappa shape index (κ3) is 3.00. The minimum Gasteiger partial charge on any atom is -0.491 e. The fourth-order valence-electron chi connectivity index (χ4n) is 4.42. The Labute approximate surface area is 189 Å². The zero-order chi connectivity index (χ0) is 22.7. The number of amides is 1. The van der Waals surface area contributed by atoms with Gasteiger partial charge in [-0.1, -0.05) is 12.1 Å². The van der Waals surface area contributed by atoms with Crippen molar-refractivity contribution in [1.82, 2.24) is 29.0 Å². The van der Waals surface area contributed by atoms with E-state index < -0.39 is 0 Å². The predicted octanol–water partition coefficient (Wildman–Crippen LogP) is 3.07. The third-order valence-corrected chi connectivity index (χ3v) is 6.22. The number of carbonyl (C=O) groups excluding carboxylic acids is 1. The molecule has 6 rings (SSSR count). The lowest BCUT2D eigenvalue weighted by Gasteiger charge is -2.24. The van der Waals surface area contributed by atoms with Crippen molar-refractivity contribution in [3.63, 3.8) is 0 Å². The summed E-state index contributed by atoms with van der Waals surface area (Å²) in [6.45, 7) is 0.408. The first-order valence-electron chi connectivity index (χ1n) is 10.5. The van der Waals surface area contributed by atoms with Gasteiger partial charge in [0.2, 0.25) is 0 Å². The van der Waals surface area contributed by atoms with Crippen LogP contribution in [0.4, 0.5) is 5.82 Å². The molecule has 0 unspecified atom stereocenters. The number of nitrogens with two attached hydrogens (primary N) is 1. The number of imidazole rings is 1. The molecule has 2 N–H and O–H groups in total. The Morgan fingerprint density at radius 2 is 2.03 bits per heavy atom. The highest BCUT2D eigenvalue weighted by molar-refractivity contribution is 5.98. The summed E-state index contributed by atoms with van der Waals surface area (Å²) in [6, 6.07) is 11.3. The molecule has 4 heterocycles. The van der Waals surface area contributed by atoms with Gasteiger partial charge in [0.15, 0.2) is 0 Å². The first kappa shape index (κ1) is 19.3. The van der Waals surface area contributed by atoms with Crippen molar-refractivity contribution >= 4 is 28.3 Å². The van der Waals surface area contributed by atoms with Crippen molar-refractivity contribution in [2.75, 3.05) is 19.4 Å². The number of nitrogens with zero attached hydrogens (tertiary/aromatic N) is 6. The average molecular weight is 439 g/mol. The van der Waals surface area contributed by atoms with Gasteiger partial charge in [0, 0.05) is 37.0 Å². The number of carbonyl (C=O) groups is 1. The van der Waals surface area contributed by atoms with Gasteiger partial charge in [-0.05, 0) is 29.8 Å². The van der Waals surface area contributed by atoms with E-state index in [4.69, 9.17) is 10.5 Å². The molecule has 0 bridgehead atoms. The normalized spacial score (nSPS) is 15.0. The molecule has 5 aromatic rings. The van der Waals surface area contributed by atoms with Crippen LogP contribution in [0.1, 0.15) is 22.0 Å². The fraction of sp³-hybridized carbons (Fsp3) is 0.167. The molecule has 0 aliphatic carbocycles. The second kappa shape index (κ2) is 7.06. The lowest BCUT2D eigenvalue weighted by molar-refractivity contribution is 0.0708. The van der Waals surface area contributed by atoms with Gasteiger partial charge in [-0.2, -0.15) is 5.10 Å². The highest BCUT2D eigenvalue weighted by Gasteiger charge is 2.31. The van der Waals surface area contributed by atoms with E-state index in [-0.39, 0.29) is 11.9 Å². The number of benzene rings is 2. The maximum Gasteiger partial charge on any atom is 0.254 e. The second-order valence-electron chi connectivity index (χ2n) is 8.25. The van der Waals surface area contributed by atoms with Crippen LogP contribution in [0, 0.1) is 0 Å². The maximum absolute atomic E-state index is 13.4. The molecule has 1 amide bonds. The van der Waals surface area contributed by atoms with E-state index in [0.29, 0.717) is 29.0 Å². The van der Waals surface area contributed by atoms with Crippen molar-refractivity contribution in [3.8, 4) is 16.9 Å². The zero-order valence-corrected chi connectivity index (χ0v) is 18.1. The Morgan fingerprint density at radius 1 is 1.15 bits per heavy atom. The Bertz CT molecular complexity index is 1550. The van der Waals surface area contributed by atoms with Crippen molar-refractivity contribution in [1.29, 1.82) is 0 Å². The number of nitrogen functional groups attached to an aromatic ring is 1. The summed E-state index contributed by atoms with van der Waals surface area (Å²) in [7, 11) is 3.69. The molecule has 0 spiro atoms. The summed E-state index contributed by atoms with van der Waals surface area (Å²) in [5.74, 6) is 1.10. The van der Waals surface area contributed by atoms with E-state index in [1.54, 1.807) is 35.2 Å². The van der Waals surface area contributed by atoms with Gasteiger partial charge in [0.1, 0.15) is 23.7 Å². The van der Waals surface area contributed by atoms with Crippen molar-refractivity contribution in [2.24, 2.45) is 7.05 Å². The van der Waals surface area contributed by atoms with Crippen LogP contribution in [0.15, 0.2) is 61.3 Å². The summed E-state index contributed by atoms with van der Waals surface area (Å²) >= 11 is 0.